The van der Waals surface area contributed by atoms with Crippen molar-refractivity contribution in [3.05, 3.63) is 29.6 Å². The van der Waals surface area contributed by atoms with E-state index in [-0.39, 0.29) is 6.61 Å². The van der Waals surface area contributed by atoms with Gasteiger partial charge in [-0.1, -0.05) is 0 Å². The third-order valence-electron chi connectivity index (χ3n) is 2.22. The number of carboxylic acids is 1. The lowest BCUT2D eigenvalue weighted by molar-refractivity contribution is -0.142. The molecule has 0 aliphatic heterocycles. The molecule has 0 radical (unpaired) electrons. The fourth-order valence-electron chi connectivity index (χ4n) is 1.37. The molecule has 1 rings (SSSR count). The predicted octanol–water partition coefficient (Wildman–Crippen LogP) is 1.10. The highest BCUT2D eigenvalue weighted by atomic mass is 19.1. The number of halogens is 1. The quantitative estimate of drug-likeness (QED) is 0.826. The van der Waals surface area contributed by atoms with Gasteiger partial charge in [0.15, 0.2) is 6.04 Å². The van der Waals surface area contributed by atoms with Crippen molar-refractivity contribution >= 4 is 11.9 Å². The molecule has 1 aromatic rings. The average molecular weight is 255 g/mol. The lowest BCUT2D eigenvalue weighted by atomic mass is 10.2. The summed E-state index contributed by atoms with van der Waals surface area (Å²) in [6.45, 7) is 2.65. The second kappa shape index (κ2) is 6.00. The largest absolute Gasteiger partial charge is 0.491 e. The minimum Gasteiger partial charge on any atom is -0.491 e. The molecule has 0 saturated carbocycles. The van der Waals surface area contributed by atoms with Crippen molar-refractivity contribution in [3.8, 4) is 5.75 Å². The fourth-order valence-corrected chi connectivity index (χ4v) is 1.37. The molecule has 1 aromatic carbocycles. The highest BCUT2D eigenvalue weighted by Crippen LogP contribution is 2.18. The van der Waals surface area contributed by atoms with Crippen LogP contribution in [-0.4, -0.2) is 29.6 Å². The number of carbonyl (C=O) groups is 2. The smallest absolute Gasteiger partial charge is 0.329 e. The van der Waals surface area contributed by atoms with Gasteiger partial charge in [0.25, 0.3) is 0 Å². The molecule has 1 atom stereocenters. The maximum absolute atomic E-state index is 12.8. The summed E-state index contributed by atoms with van der Waals surface area (Å²) in [7, 11) is 0. The highest BCUT2D eigenvalue weighted by Gasteiger charge is 2.19. The molecule has 0 aromatic heterocycles. The van der Waals surface area contributed by atoms with E-state index in [2.05, 4.69) is 5.32 Å². The fraction of sp³-hybridized carbons (Fsp3) is 0.333. The number of hydrogen-bond acceptors (Lipinski definition) is 3. The lowest BCUT2D eigenvalue weighted by Crippen LogP contribution is -2.43. The van der Waals surface area contributed by atoms with Crippen LogP contribution in [-0.2, 0) is 9.59 Å². The maximum atomic E-state index is 12.8. The Morgan fingerprint density at radius 1 is 1.50 bits per heavy atom. The van der Waals surface area contributed by atoms with E-state index in [1.165, 1.54) is 25.1 Å². The van der Waals surface area contributed by atoms with Gasteiger partial charge in [0.05, 0.1) is 0 Å². The molecule has 18 heavy (non-hydrogen) atoms. The van der Waals surface area contributed by atoms with Crippen molar-refractivity contribution in [3.63, 3.8) is 0 Å². The summed E-state index contributed by atoms with van der Waals surface area (Å²) in [5.41, 5.74) is 0.557. The minimum atomic E-state index is -1.19. The molecular weight excluding hydrogens is 241 g/mol. The molecule has 6 heteroatoms. The first-order valence-electron chi connectivity index (χ1n) is 5.29. The number of aliphatic carboxylic acids is 1. The van der Waals surface area contributed by atoms with E-state index in [0.717, 1.165) is 0 Å². The van der Waals surface area contributed by atoms with Gasteiger partial charge in [0, 0.05) is 6.92 Å². The van der Waals surface area contributed by atoms with Crippen LogP contribution >= 0.6 is 0 Å². The molecule has 0 bridgehead atoms. The molecule has 0 aliphatic rings. The van der Waals surface area contributed by atoms with Gasteiger partial charge in [-0.25, -0.2) is 9.18 Å². The zero-order valence-electron chi connectivity index (χ0n) is 10.1. The van der Waals surface area contributed by atoms with Crippen molar-refractivity contribution in [1.82, 2.24) is 5.32 Å². The van der Waals surface area contributed by atoms with E-state index in [1.807, 2.05) is 0 Å². The molecule has 0 saturated heterocycles. The van der Waals surface area contributed by atoms with Crippen molar-refractivity contribution in [1.29, 1.82) is 0 Å². The highest BCUT2D eigenvalue weighted by molar-refractivity contribution is 5.82. The Labute approximate surface area is 104 Å². The van der Waals surface area contributed by atoms with E-state index in [4.69, 9.17) is 9.84 Å². The molecule has 98 valence electrons. The summed E-state index contributed by atoms with van der Waals surface area (Å²) in [6, 6.07) is 2.78. The molecular formula is C12H14FNO4. The Kier molecular flexibility index (Phi) is 4.65. The second-order valence-corrected chi connectivity index (χ2v) is 3.81. The standard InChI is InChI=1S/C12H14FNO4/c1-7-5-9(13)3-4-11(7)18-6-10(12(16)17)14-8(2)15/h3-5,10H,6H2,1-2H3,(H,14,15)(H,16,17). The average Bonchev–Trinajstić information content (AvgIpc) is 2.25. The predicted molar refractivity (Wildman–Crippen MR) is 61.9 cm³/mol. The maximum Gasteiger partial charge on any atom is 0.329 e. The number of carbonyl (C=O) groups excluding carboxylic acids is 1. The molecule has 2 N–H and O–H groups in total. The molecule has 1 unspecified atom stereocenters. The normalized spacial score (nSPS) is 11.7. The topological polar surface area (TPSA) is 75.6 Å². The molecule has 5 nitrogen and oxygen atoms in total. The van der Waals surface area contributed by atoms with Crippen molar-refractivity contribution < 1.29 is 23.8 Å². The molecule has 0 spiro atoms. The Hall–Kier alpha value is -2.11. The number of rotatable bonds is 5. The summed E-state index contributed by atoms with van der Waals surface area (Å²) in [5, 5.41) is 11.1. The van der Waals surface area contributed by atoms with Gasteiger partial charge in [-0.15, -0.1) is 0 Å². The molecule has 1 amide bonds. The number of aryl methyl sites for hydroxylation is 1. The van der Waals surface area contributed by atoms with E-state index in [0.29, 0.717) is 11.3 Å². The number of amides is 1. The Bertz CT molecular complexity index is 461. The third-order valence-corrected chi connectivity index (χ3v) is 2.22. The Balaban J connectivity index is 2.66. The first kappa shape index (κ1) is 14.0. The van der Waals surface area contributed by atoms with Crippen LogP contribution in [0.5, 0.6) is 5.75 Å². The summed E-state index contributed by atoms with van der Waals surface area (Å²) in [6.07, 6.45) is 0. The van der Waals surface area contributed by atoms with E-state index in [9.17, 15) is 14.0 Å². The van der Waals surface area contributed by atoms with Gasteiger partial charge in [-0.05, 0) is 30.7 Å². The SMILES string of the molecule is CC(=O)NC(COc1ccc(F)cc1C)C(=O)O. The van der Waals surface area contributed by atoms with Crippen LogP contribution < -0.4 is 10.1 Å². The third kappa shape index (κ3) is 4.04. The first-order chi connectivity index (χ1) is 8.40. The summed E-state index contributed by atoms with van der Waals surface area (Å²) in [5.74, 6) is -1.66. The van der Waals surface area contributed by atoms with Gasteiger partial charge in [-0.2, -0.15) is 0 Å². The second-order valence-electron chi connectivity index (χ2n) is 3.81. The van der Waals surface area contributed by atoms with Gasteiger partial charge in [-0.3, -0.25) is 4.79 Å². The Morgan fingerprint density at radius 3 is 2.67 bits per heavy atom. The van der Waals surface area contributed by atoms with E-state index in [1.54, 1.807) is 6.92 Å². The zero-order chi connectivity index (χ0) is 13.7. The molecule has 0 aliphatic carbocycles. The number of ether oxygens (including phenoxy) is 1. The van der Waals surface area contributed by atoms with Crippen LogP contribution in [0.1, 0.15) is 12.5 Å². The number of nitrogens with one attached hydrogen (secondary N) is 1. The molecule has 0 heterocycles. The van der Waals surface area contributed by atoms with Crippen LogP contribution in [0.4, 0.5) is 4.39 Å². The monoisotopic (exact) mass is 255 g/mol. The van der Waals surface area contributed by atoms with Gasteiger partial charge < -0.3 is 15.2 Å². The number of carboxylic acid groups (broad SMARTS) is 1. The van der Waals surface area contributed by atoms with Crippen LogP contribution in [0, 0.1) is 12.7 Å². The zero-order valence-corrected chi connectivity index (χ0v) is 10.1. The lowest BCUT2D eigenvalue weighted by Gasteiger charge is -2.15. The van der Waals surface area contributed by atoms with Crippen LogP contribution in [0.2, 0.25) is 0 Å². The molecule has 0 fully saturated rings. The summed E-state index contributed by atoms with van der Waals surface area (Å²) in [4.78, 5) is 21.6. The van der Waals surface area contributed by atoms with Gasteiger partial charge >= 0.3 is 5.97 Å². The van der Waals surface area contributed by atoms with Crippen LogP contribution in [0.3, 0.4) is 0 Å². The van der Waals surface area contributed by atoms with Crippen LogP contribution in [0.15, 0.2) is 18.2 Å². The number of hydrogen-bond donors (Lipinski definition) is 2. The summed E-state index contributed by atoms with van der Waals surface area (Å²) >= 11 is 0. The van der Waals surface area contributed by atoms with Crippen molar-refractivity contribution in [2.24, 2.45) is 0 Å². The van der Waals surface area contributed by atoms with Gasteiger partial charge in [0.2, 0.25) is 5.91 Å². The van der Waals surface area contributed by atoms with Crippen molar-refractivity contribution in [2.45, 2.75) is 19.9 Å². The van der Waals surface area contributed by atoms with Crippen LogP contribution in [0.25, 0.3) is 0 Å². The van der Waals surface area contributed by atoms with Gasteiger partial charge in [0.1, 0.15) is 18.2 Å². The first-order valence-corrected chi connectivity index (χ1v) is 5.29. The Morgan fingerprint density at radius 2 is 2.17 bits per heavy atom. The van der Waals surface area contributed by atoms with Crippen molar-refractivity contribution in [2.75, 3.05) is 6.61 Å². The summed E-state index contributed by atoms with van der Waals surface area (Å²) < 4.78 is 18.1. The number of benzene rings is 1. The van der Waals surface area contributed by atoms with E-state index < -0.39 is 23.7 Å². The minimum absolute atomic E-state index is 0.221. The van der Waals surface area contributed by atoms with E-state index >= 15 is 0 Å².